The molecule has 9 rings (SSSR count). The predicted octanol–water partition coefficient (Wildman–Crippen LogP) is 5.12. The number of amides is 1. The molecule has 1 amide bonds. The molecule has 6 atom stereocenters. The number of para-hydroxylation sites is 1. The second-order valence-electron chi connectivity index (χ2n) is 13.7. The molecule has 214 valence electrons. The Morgan fingerprint density at radius 3 is 2.85 bits per heavy atom. The Kier molecular flexibility index (Phi) is 5.82. The van der Waals surface area contributed by atoms with Gasteiger partial charge in [-0.15, -0.1) is 0 Å². The Morgan fingerprint density at radius 2 is 2.02 bits per heavy atom. The molecule has 5 fully saturated rings. The van der Waals surface area contributed by atoms with Gasteiger partial charge in [0.1, 0.15) is 11.2 Å². The molecule has 41 heavy (non-hydrogen) atoms. The van der Waals surface area contributed by atoms with Crippen molar-refractivity contribution < 1.29 is 28.0 Å². The Morgan fingerprint density at radius 1 is 1.15 bits per heavy atom. The summed E-state index contributed by atoms with van der Waals surface area (Å²) in [7, 11) is -0.520. The molecule has 2 aromatic carbocycles. The first-order valence-corrected chi connectivity index (χ1v) is 15.2. The molecular formula is C33H38BNO6. The second kappa shape index (κ2) is 9.18. The normalized spacial score (nSPS) is 33.5. The first-order valence-electron chi connectivity index (χ1n) is 15.2. The zero-order valence-electron chi connectivity index (χ0n) is 24.1. The zero-order chi connectivity index (χ0) is 28.0. The van der Waals surface area contributed by atoms with Crippen molar-refractivity contribution in [3.63, 3.8) is 0 Å². The van der Waals surface area contributed by atoms with Crippen molar-refractivity contribution in [1.82, 2.24) is 5.32 Å². The molecule has 1 aromatic heterocycles. The summed E-state index contributed by atoms with van der Waals surface area (Å²) in [6, 6.07) is 14.3. The van der Waals surface area contributed by atoms with Crippen molar-refractivity contribution in [3.8, 4) is 0 Å². The van der Waals surface area contributed by atoms with Crippen molar-refractivity contribution in [3.05, 3.63) is 71.0 Å². The van der Waals surface area contributed by atoms with Gasteiger partial charge in [0, 0.05) is 18.4 Å². The Labute approximate surface area is 241 Å². The lowest BCUT2D eigenvalue weighted by Crippen LogP contribution is -2.65. The largest absolute Gasteiger partial charge is 0.482 e. The van der Waals surface area contributed by atoms with E-state index in [4.69, 9.17) is 23.2 Å². The van der Waals surface area contributed by atoms with Gasteiger partial charge in [-0.2, -0.15) is 0 Å². The smallest absolute Gasteiger partial charge is 0.464 e. The van der Waals surface area contributed by atoms with Crippen LogP contribution in [0.1, 0.15) is 62.3 Å². The monoisotopic (exact) mass is 555 g/mol. The molecule has 8 heteroatoms. The molecule has 4 heterocycles. The highest BCUT2D eigenvalue weighted by Gasteiger charge is 2.68. The molecule has 3 aromatic rings. The summed E-state index contributed by atoms with van der Waals surface area (Å²) in [5, 5.41) is 4.38. The molecule has 6 aliphatic rings. The molecule has 2 saturated heterocycles. The van der Waals surface area contributed by atoms with Gasteiger partial charge in [-0.25, -0.2) is 0 Å². The summed E-state index contributed by atoms with van der Waals surface area (Å²) in [6.07, 6.45) is 5.78. The van der Waals surface area contributed by atoms with Crippen LogP contribution in [0.4, 0.5) is 0 Å². The summed E-state index contributed by atoms with van der Waals surface area (Å²) in [5.74, 6) is 0.731. The molecular weight excluding hydrogens is 517 g/mol. The van der Waals surface area contributed by atoms with Crippen molar-refractivity contribution in [2.45, 2.75) is 82.7 Å². The van der Waals surface area contributed by atoms with Crippen LogP contribution in [0.3, 0.4) is 0 Å². The van der Waals surface area contributed by atoms with E-state index in [-0.39, 0.29) is 41.0 Å². The van der Waals surface area contributed by atoms with Crippen LogP contribution in [-0.2, 0) is 48.6 Å². The molecule has 0 radical (unpaired) electrons. The fraction of sp³-hybridized carbons (Fsp3) is 0.545. The minimum atomic E-state index is -0.520. The van der Waals surface area contributed by atoms with E-state index in [2.05, 4.69) is 50.4 Å². The number of carbonyl (C=O) groups excluding carboxylic acids is 1. The predicted molar refractivity (Wildman–Crippen MR) is 154 cm³/mol. The molecule has 1 spiro atoms. The molecule has 3 aliphatic carbocycles. The molecule has 2 bridgehead atoms. The maximum Gasteiger partial charge on any atom is 0.482 e. The van der Waals surface area contributed by atoms with Crippen molar-refractivity contribution in [1.29, 1.82) is 0 Å². The molecule has 3 saturated carbocycles. The van der Waals surface area contributed by atoms with E-state index in [1.165, 1.54) is 12.0 Å². The lowest BCUT2D eigenvalue weighted by atomic mass is 9.43. The Balaban J connectivity index is 1.04. The number of rotatable bonds is 6. The number of fused-ring (bicyclic) bond motifs is 3. The SMILES string of the molecule is CC1(C)[C@@H]2C[C@H]3OB([C@H](Cc4coc5ccccc45)NC(=O)Cc4ccc5c(c4)COC54CCOC4)O[C@@]3(C)[C@H]1C2. The number of hydrogen-bond donors (Lipinski definition) is 1. The van der Waals surface area contributed by atoms with E-state index in [1.54, 1.807) is 6.26 Å². The number of carbonyl (C=O) groups is 1. The van der Waals surface area contributed by atoms with E-state index in [0.29, 0.717) is 31.5 Å². The van der Waals surface area contributed by atoms with Crippen molar-refractivity contribution >= 4 is 24.0 Å². The van der Waals surface area contributed by atoms with Crippen molar-refractivity contribution in [2.75, 3.05) is 13.2 Å². The lowest BCUT2D eigenvalue weighted by Gasteiger charge is -2.64. The third-order valence-electron chi connectivity index (χ3n) is 11.2. The van der Waals surface area contributed by atoms with Crippen LogP contribution in [0.5, 0.6) is 0 Å². The number of nitrogens with one attached hydrogen (secondary N) is 1. The summed E-state index contributed by atoms with van der Waals surface area (Å²) in [4.78, 5) is 13.6. The Bertz CT molecular complexity index is 1510. The van der Waals surface area contributed by atoms with Crippen LogP contribution in [0.25, 0.3) is 11.0 Å². The van der Waals surface area contributed by atoms with Gasteiger partial charge < -0.3 is 28.5 Å². The fourth-order valence-corrected chi connectivity index (χ4v) is 8.64. The highest BCUT2D eigenvalue weighted by molar-refractivity contribution is 6.48. The number of hydrogen-bond acceptors (Lipinski definition) is 6. The first-order chi connectivity index (χ1) is 19.7. The average Bonchev–Trinajstić information content (AvgIpc) is 3.74. The summed E-state index contributed by atoms with van der Waals surface area (Å²) < 4.78 is 31.1. The maximum atomic E-state index is 13.6. The molecule has 1 unspecified atom stereocenters. The Hall–Kier alpha value is -2.65. The van der Waals surface area contributed by atoms with Crippen LogP contribution in [0.15, 0.2) is 53.1 Å². The minimum absolute atomic E-state index is 0.0440. The van der Waals surface area contributed by atoms with Gasteiger partial charge in [-0.1, -0.05) is 50.2 Å². The van der Waals surface area contributed by atoms with Gasteiger partial charge in [-0.3, -0.25) is 4.79 Å². The fourth-order valence-electron chi connectivity index (χ4n) is 8.64. The van der Waals surface area contributed by atoms with Gasteiger partial charge in [-0.05, 0) is 71.8 Å². The third-order valence-corrected chi connectivity index (χ3v) is 11.2. The highest BCUT2D eigenvalue weighted by Crippen LogP contribution is 2.65. The number of furan rings is 1. The number of benzene rings is 2. The second-order valence-corrected chi connectivity index (χ2v) is 13.7. The number of ether oxygens (including phenoxy) is 2. The van der Waals surface area contributed by atoms with E-state index < -0.39 is 7.12 Å². The maximum absolute atomic E-state index is 13.6. The standard InChI is InChI=1S/C33H38BNO6/c1-31(2)23-15-27(31)32(3)28(16-23)40-34(41-32)29(14-21-17-38-26-7-5-4-6-24(21)26)35-30(36)13-20-8-9-25-22(12-20)18-39-33(25)10-11-37-19-33/h4-9,12,17,23,27-29H,10-11,13-16,18-19H2,1-3H3,(H,35,36)/t23-,27-,28+,29-,32-,33?/m0/s1. The van der Waals surface area contributed by atoms with E-state index in [1.807, 2.05) is 18.2 Å². The van der Waals surface area contributed by atoms with Crippen LogP contribution >= 0.6 is 0 Å². The van der Waals surface area contributed by atoms with Gasteiger partial charge in [0.15, 0.2) is 0 Å². The van der Waals surface area contributed by atoms with E-state index in [9.17, 15) is 4.79 Å². The minimum Gasteiger partial charge on any atom is -0.464 e. The van der Waals surface area contributed by atoms with E-state index >= 15 is 0 Å². The molecule has 3 aliphatic heterocycles. The molecule has 1 N–H and O–H groups in total. The lowest BCUT2D eigenvalue weighted by molar-refractivity contribution is -0.199. The van der Waals surface area contributed by atoms with Gasteiger partial charge in [0.2, 0.25) is 5.91 Å². The van der Waals surface area contributed by atoms with Gasteiger partial charge >= 0.3 is 7.12 Å². The van der Waals surface area contributed by atoms with E-state index in [0.717, 1.165) is 47.1 Å². The highest BCUT2D eigenvalue weighted by atomic mass is 16.7. The third kappa shape index (κ3) is 3.98. The van der Waals surface area contributed by atoms with Gasteiger partial charge in [0.25, 0.3) is 0 Å². The molecule has 7 nitrogen and oxygen atoms in total. The topological polar surface area (TPSA) is 79.2 Å². The van der Waals surface area contributed by atoms with Crippen LogP contribution < -0.4 is 5.32 Å². The van der Waals surface area contributed by atoms with Crippen molar-refractivity contribution in [2.24, 2.45) is 17.3 Å². The van der Waals surface area contributed by atoms with Crippen LogP contribution in [0.2, 0.25) is 0 Å². The first kappa shape index (κ1) is 26.0. The average molecular weight is 555 g/mol. The van der Waals surface area contributed by atoms with Gasteiger partial charge in [0.05, 0.1) is 43.5 Å². The summed E-state index contributed by atoms with van der Waals surface area (Å²) >= 11 is 0. The summed E-state index contributed by atoms with van der Waals surface area (Å²) in [6.45, 7) is 8.84. The van der Waals surface area contributed by atoms with Crippen LogP contribution in [-0.4, -0.2) is 43.9 Å². The zero-order valence-corrected chi connectivity index (χ0v) is 24.1. The quantitative estimate of drug-likeness (QED) is 0.426. The van der Waals surface area contributed by atoms with Crippen LogP contribution in [0, 0.1) is 17.3 Å². The summed E-state index contributed by atoms with van der Waals surface area (Å²) in [5.41, 5.74) is 4.82.